The molecule has 0 aliphatic carbocycles. The van der Waals surface area contributed by atoms with Gasteiger partial charge in [-0.3, -0.25) is 4.79 Å². The van der Waals surface area contributed by atoms with Gasteiger partial charge in [-0.05, 0) is 20.8 Å². The van der Waals surface area contributed by atoms with Crippen LogP contribution in [0.15, 0.2) is 0 Å². The summed E-state index contributed by atoms with van der Waals surface area (Å²) in [6, 6.07) is -0.280. The molecule has 0 aromatic carbocycles. The fraction of sp³-hybridized carbons (Fsp3) is 0.818. The summed E-state index contributed by atoms with van der Waals surface area (Å²) in [6.45, 7) is 6.41. The van der Waals surface area contributed by atoms with Gasteiger partial charge >= 0.3 is 12.1 Å². The molecular weight excluding hydrogens is 260 g/mol. The lowest BCUT2D eigenvalue weighted by Gasteiger charge is -2.23. The minimum Gasteiger partial charge on any atom is -0.469 e. The number of hydrogen-bond donors (Lipinski definition) is 2. The molecule has 6 nitrogen and oxygen atoms in total. The third-order valence-electron chi connectivity index (χ3n) is 2.42. The molecule has 1 aliphatic rings. The Hall–Kier alpha value is -1.01. The van der Waals surface area contributed by atoms with Crippen LogP contribution in [0.4, 0.5) is 4.79 Å². The van der Waals surface area contributed by atoms with Crippen molar-refractivity contribution in [2.75, 3.05) is 20.2 Å². The highest BCUT2D eigenvalue weighted by molar-refractivity contribution is 5.85. The molecule has 1 heterocycles. The maximum Gasteiger partial charge on any atom is 0.407 e. The Bertz CT molecular complexity index is 304. The van der Waals surface area contributed by atoms with Gasteiger partial charge in [-0.2, -0.15) is 0 Å². The maximum atomic E-state index is 11.6. The molecule has 0 saturated carbocycles. The van der Waals surface area contributed by atoms with Crippen molar-refractivity contribution in [1.82, 2.24) is 10.6 Å². The van der Waals surface area contributed by atoms with E-state index in [4.69, 9.17) is 4.74 Å². The van der Waals surface area contributed by atoms with E-state index in [1.807, 2.05) is 0 Å². The van der Waals surface area contributed by atoms with Crippen molar-refractivity contribution in [3.8, 4) is 0 Å². The Morgan fingerprint density at radius 1 is 1.28 bits per heavy atom. The van der Waals surface area contributed by atoms with E-state index in [0.717, 1.165) is 0 Å². The van der Waals surface area contributed by atoms with Gasteiger partial charge in [-0.1, -0.05) is 0 Å². The topological polar surface area (TPSA) is 76.7 Å². The van der Waals surface area contributed by atoms with Gasteiger partial charge < -0.3 is 20.1 Å². The van der Waals surface area contributed by atoms with Crippen LogP contribution in [0.3, 0.4) is 0 Å². The minimum absolute atomic E-state index is 0. The number of alkyl carbamates (subject to hydrolysis) is 1. The second-order valence-corrected chi connectivity index (χ2v) is 5.04. The lowest BCUT2D eigenvalue weighted by molar-refractivity contribution is -0.145. The highest BCUT2D eigenvalue weighted by atomic mass is 35.5. The molecule has 0 radical (unpaired) electrons. The van der Waals surface area contributed by atoms with E-state index in [1.165, 1.54) is 7.11 Å². The average Bonchev–Trinajstić information content (AvgIpc) is 2.61. The molecule has 0 bridgehead atoms. The Balaban J connectivity index is 0.00000289. The Labute approximate surface area is 113 Å². The van der Waals surface area contributed by atoms with Crippen LogP contribution in [-0.4, -0.2) is 43.9 Å². The minimum atomic E-state index is -0.545. The van der Waals surface area contributed by atoms with Crippen molar-refractivity contribution in [2.45, 2.75) is 32.4 Å². The van der Waals surface area contributed by atoms with Gasteiger partial charge in [0.05, 0.1) is 19.1 Å². The predicted octanol–water partition coefficient (Wildman–Crippen LogP) is 0.694. The quantitative estimate of drug-likeness (QED) is 0.728. The molecule has 0 aromatic rings. The van der Waals surface area contributed by atoms with E-state index in [1.54, 1.807) is 20.8 Å². The number of halogens is 1. The maximum absolute atomic E-state index is 11.6. The number of carbonyl (C=O) groups excluding carboxylic acids is 2. The third-order valence-corrected chi connectivity index (χ3v) is 2.42. The second-order valence-electron chi connectivity index (χ2n) is 5.04. The van der Waals surface area contributed by atoms with Gasteiger partial charge in [0.15, 0.2) is 0 Å². The molecule has 1 aliphatic heterocycles. The van der Waals surface area contributed by atoms with Crippen molar-refractivity contribution < 1.29 is 19.1 Å². The van der Waals surface area contributed by atoms with E-state index >= 15 is 0 Å². The van der Waals surface area contributed by atoms with Crippen LogP contribution in [-0.2, 0) is 14.3 Å². The monoisotopic (exact) mass is 280 g/mol. The molecular formula is C11H21ClN2O4. The number of nitrogens with one attached hydrogen (secondary N) is 2. The molecule has 106 valence electrons. The molecule has 2 atom stereocenters. The fourth-order valence-corrected chi connectivity index (χ4v) is 1.69. The summed E-state index contributed by atoms with van der Waals surface area (Å²) in [7, 11) is 1.34. The first-order valence-electron chi connectivity index (χ1n) is 5.61. The van der Waals surface area contributed by atoms with Crippen LogP contribution < -0.4 is 10.6 Å². The second kappa shape index (κ2) is 6.80. The van der Waals surface area contributed by atoms with Gasteiger partial charge in [0.25, 0.3) is 0 Å². The predicted molar refractivity (Wildman–Crippen MR) is 68.8 cm³/mol. The summed E-state index contributed by atoms with van der Waals surface area (Å²) in [4.78, 5) is 23.0. The number of methoxy groups -OCH3 is 1. The van der Waals surface area contributed by atoms with E-state index in [2.05, 4.69) is 15.4 Å². The van der Waals surface area contributed by atoms with Crippen LogP contribution in [0.2, 0.25) is 0 Å². The summed E-state index contributed by atoms with van der Waals surface area (Å²) < 4.78 is 9.81. The van der Waals surface area contributed by atoms with Crippen LogP contribution in [0.5, 0.6) is 0 Å². The normalized spacial score (nSPS) is 22.9. The number of carbonyl (C=O) groups is 2. The Morgan fingerprint density at radius 2 is 1.89 bits per heavy atom. The molecule has 2 N–H and O–H groups in total. The van der Waals surface area contributed by atoms with E-state index in [-0.39, 0.29) is 30.3 Å². The lowest BCUT2D eigenvalue weighted by Crippen LogP contribution is -2.45. The molecule has 1 fully saturated rings. The summed E-state index contributed by atoms with van der Waals surface area (Å²) >= 11 is 0. The Morgan fingerprint density at radius 3 is 2.39 bits per heavy atom. The zero-order valence-corrected chi connectivity index (χ0v) is 11.9. The summed E-state index contributed by atoms with van der Waals surface area (Å²) in [5.41, 5.74) is -0.545. The van der Waals surface area contributed by atoms with Crippen molar-refractivity contribution in [3.05, 3.63) is 0 Å². The molecule has 18 heavy (non-hydrogen) atoms. The Kier molecular flexibility index (Phi) is 6.42. The molecule has 1 amide bonds. The van der Waals surface area contributed by atoms with Crippen LogP contribution in [0.25, 0.3) is 0 Å². The summed E-state index contributed by atoms with van der Waals surface area (Å²) in [5.74, 6) is -0.677. The first-order valence-corrected chi connectivity index (χ1v) is 5.61. The summed E-state index contributed by atoms with van der Waals surface area (Å²) in [6.07, 6.45) is -0.514. The van der Waals surface area contributed by atoms with E-state index in [9.17, 15) is 9.59 Å². The third kappa shape index (κ3) is 5.10. The lowest BCUT2D eigenvalue weighted by atomic mass is 10.0. The van der Waals surface area contributed by atoms with Gasteiger partial charge in [-0.15, -0.1) is 12.4 Å². The van der Waals surface area contributed by atoms with Crippen molar-refractivity contribution in [1.29, 1.82) is 0 Å². The smallest absolute Gasteiger partial charge is 0.407 e. The fourth-order valence-electron chi connectivity index (χ4n) is 1.69. The molecule has 1 saturated heterocycles. The first kappa shape index (κ1) is 17.0. The van der Waals surface area contributed by atoms with Gasteiger partial charge in [0.2, 0.25) is 0 Å². The molecule has 1 rings (SSSR count). The average molecular weight is 281 g/mol. The molecule has 0 aromatic heterocycles. The van der Waals surface area contributed by atoms with Gasteiger partial charge in [0.1, 0.15) is 5.60 Å². The standard InChI is InChI=1S/C11H20N2O4.ClH/c1-11(2,3)17-10(15)13-8-6-12-5-7(8)9(14)16-4;/h7-8,12H,5-6H2,1-4H3,(H,13,15);1H/t7-,8+;/m0./s1. The highest BCUT2D eigenvalue weighted by Gasteiger charge is 2.35. The number of amides is 1. The van der Waals surface area contributed by atoms with Gasteiger partial charge in [0, 0.05) is 13.1 Å². The molecule has 0 unspecified atom stereocenters. The molecule has 0 spiro atoms. The highest BCUT2D eigenvalue weighted by Crippen LogP contribution is 2.12. The van der Waals surface area contributed by atoms with Crippen LogP contribution >= 0.6 is 12.4 Å². The van der Waals surface area contributed by atoms with Crippen molar-refractivity contribution in [2.24, 2.45) is 5.92 Å². The number of ether oxygens (including phenoxy) is 2. The van der Waals surface area contributed by atoms with Crippen molar-refractivity contribution >= 4 is 24.5 Å². The van der Waals surface area contributed by atoms with Gasteiger partial charge in [-0.25, -0.2) is 4.79 Å². The number of esters is 1. The number of rotatable bonds is 2. The zero-order valence-electron chi connectivity index (χ0n) is 11.1. The van der Waals surface area contributed by atoms with E-state index < -0.39 is 11.7 Å². The van der Waals surface area contributed by atoms with E-state index in [0.29, 0.717) is 13.1 Å². The van der Waals surface area contributed by atoms with Crippen molar-refractivity contribution in [3.63, 3.8) is 0 Å². The number of hydrogen-bond acceptors (Lipinski definition) is 5. The largest absolute Gasteiger partial charge is 0.469 e. The SMILES string of the molecule is COC(=O)[C@H]1CNC[C@H]1NC(=O)OC(C)(C)C.Cl. The van der Waals surface area contributed by atoms with Crippen LogP contribution in [0.1, 0.15) is 20.8 Å². The van der Waals surface area contributed by atoms with Crippen LogP contribution in [0, 0.1) is 5.92 Å². The molecule has 7 heteroatoms. The first-order chi connectivity index (χ1) is 7.83. The zero-order chi connectivity index (χ0) is 13.1. The summed E-state index contributed by atoms with van der Waals surface area (Å²) in [5, 5.41) is 5.71.